The minimum atomic E-state index is 0.218. The molecular weight excluding hydrogens is 188 g/mol. The highest BCUT2D eigenvalue weighted by Gasteiger charge is 2.28. The number of aliphatic imine (C=N–C) groups is 1. The van der Waals surface area contributed by atoms with E-state index in [1.165, 1.54) is 12.8 Å². The Morgan fingerprint density at radius 3 is 2.33 bits per heavy atom. The van der Waals surface area contributed by atoms with Gasteiger partial charge in [-0.1, -0.05) is 20.8 Å². The number of nitrogens with one attached hydrogen (secondary N) is 1. The lowest BCUT2D eigenvalue weighted by atomic mass is 9.87. The lowest BCUT2D eigenvalue weighted by Crippen LogP contribution is -2.50. The first kappa shape index (κ1) is 12.3. The van der Waals surface area contributed by atoms with Crippen molar-refractivity contribution in [1.29, 1.82) is 0 Å². The van der Waals surface area contributed by atoms with Crippen molar-refractivity contribution in [1.82, 2.24) is 10.3 Å². The van der Waals surface area contributed by atoms with Crippen LogP contribution in [0.3, 0.4) is 0 Å². The Balaban J connectivity index is 2.67. The van der Waals surface area contributed by atoms with Gasteiger partial charge in [-0.15, -0.1) is 0 Å². The monoisotopic (exact) mass is 212 g/mol. The fraction of sp³-hybridized carbons (Fsp3) is 0.909. The molecule has 4 nitrogen and oxygen atoms in total. The lowest BCUT2D eigenvalue weighted by Gasteiger charge is -2.36. The molecule has 4 heteroatoms. The van der Waals surface area contributed by atoms with Gasteiger partial charge in [0.2, 0.25) is 5.96 Å². The number of hydrogen-bond acceptors (Lipinski definition) is 2. The zero-order valence-electron chi connectivity index (χ0n) is 10.5. The SMILES string of the molecule is CC(N(C)C(=NC1CC1)NN)C(C)(C)C. The summed E-state index contributed by atoms with van der Waals surface area (Å²) in [7, 11) is 2.04. The molecule has 3 N–H and O–H groups in total. The predicted octanol–water partition coefficient (Wildman–Crippen LogP) is 1.33. The third kappa shape index (κ3) is 3.38. The molecular formula is C11H24N4. The van der Waals surface area contributed by atoms with E-state index in [0.29, 0.717) is 12.1 Å². The highest BCUT2D eigenvalue weighted by molar-refractivity contribution is 5.79. The molecule has 0 aromatic heterocycles. The van der Waals surface area contributed by atoms with E-state index in [4.69, 9.17) is 5.84 Å². The fourth-order valence-electron chi connectivity index (χ4n) is 1.37. The fourth-order valence-corrected chi connectivity index (χ4v) is 1.37. The van der Waals surface area contributed by atoms with E-state index < -0.39 is 0 Å². The topological polar surface area (TPSA) is 53.6 Å². The van der Waals surface area contributed by atoms with Gasteiger partial charge in [-0.2, -0.15) is 0 Å². The van der Waals surface area contributed by atoms with Gasteiger partial charge in [0.15, 0.2) is 0 Å². The zero-order valence-corrected chi connectivity index (χ0v) is 10.5. The average Bonchev–Trinajstić information content (AvgIpc) is 2.94. The second kappa shape index (κ2) is 4.39. The van der Waals surface area contributed by atoms with Crippen LogP contribution in [0.2, 0.25) is 0 Å². The normalized spacial score (nSPS) is 20.0. The van der Waals surface area contributed by atoms with Gasteiger partial charge in [0.1, 0.15) is 0 Å². The molecule has 0 saturated heterocycles. The Morgan fingerprint density at radius 2 is 2.00 bits per heavy atom. The van der Waals surface area contributed by atoms with Crippen LogP contribution in [0.1, 0.15) is 40.5 Å². The third-order valence-corrected chi connectivity index (χ3v) is 3.15. The van der Waals surface area contributed by atoms with Crippen LogP contribution in [0.4, 0.5) is 0 Å². The molecule has 0 bridgehead atoms. The molecule has 0 aliphatic heterocycles. The molecule has 0 spiro atoms. The molecule has 88 valence electrons. The molecule has 0 radical (unpaired) electrons. The molecule has 1 unspecified atom stereocenters. The molecule has 15 heavy (non-hydrogen) atoms. The Kier molecular flexibility index (Phi) is 3.60. The van der Waals surface area contributed by atoms with Crippen LogP contribution in [0, 0.1) is 5.41 Å². The number of hydrazine groups is 1. The number of nitrogens with two attached hydrogens (primary N) is 1. The van der Waals surface area contributed by atoms with E-state index in [0.717, 1.165) is 5.96 Å². The van der Waals surface area contributed by atoms with Crippen LogP contribution < -0.4 is 11.3 Å². The Labute approximate surface area is 92.9 Å². The molecule has 1 atom stereocenters. The summed E-state index contributed by atoms with van der Waals surface area (Å²) in [6.45, 7) is 8.86. The molecule has 0 amide bonds. The quantitative estimate of drug-likeness (QED) is 0.314. The molecule has 0 aromatic carbocycles. The first-order valence-electron chi connectivity index (χ1n) is 5.63. The van der Waals surface area contributed by atoms with Crippen molar-refractivity contribution in [3.8, 4) is 0 Å². The van der Waals surface area contributed by atoms with E-state index in [9.17, 15) is 0 Å². The summed E-state index contributed by atoms with van der Waals surface area (Å²) in [6.07, 6.45) is 2.39. The molecule has 1 saturated carbocycles. The largest absolute Gasteiger partial charge is 0.342 e. The minimum Gasteiger partial charge on any atom is -0.342 e. The summed E-state index contributed by atoms with van der Waals surface area (Å²) in [6, 6.07) is 0.886. The van der Waals surface area contributed by atoms with Crippen LogP contribution >= 0.6 is 0 Å². The van der Waals surface area contributed by atoms with E-state index in [1.807, 2.05) is 7.05 Å². The first-order chi connectivity index (χ1) is 6.86. The lowest BCUT2D eigenvalue weighted by molar-refractivity contribution is 0.203. The summed E-state index contributed by atoms with van der Waals surface area (Å²) in [5.74, 6) is 6.31. The number of nitrogens with zero attached hydrogens (tertiary/aromatic N) is 2. The van der Waals surface area contributed by atoms with Crippen LogP contribution in [0.5, 0.6) is 0 Å². The van der Waals surface area contributed by atoms with Gasteiger partial charge in [-0.3, -0.25) is 5.43 Å². The Bertz CT molecular complexity index is 237. The van der Waals surface area contributed by atoms with Gasteiger partial charge in [-0.25, -0.2) is 10.8 Å². The predicted molar refractivity (Wildman–Crippen MR) is 64.5 cm³/mol. The Morgan fingerprint density at radius 1 is 1.47 bits per heavy atom. The number of rotatable bonds is 2. The summed E-state index contributed by atoms with van der Waals surface area (Å²) >= 11 is 0. The van der Waals surface area contributed by atoms with Crippen LogP contribution in [0.15, 0.2) is 4.99 Å². The van der Waals surface area contributed by atoms with E-state index >= 15 is 0 Å². The standard InChI is InChI=1S/C11H24N4/c1-8(11(2,3)4)15(5)10(14-12)13-9-6-7-9/h8-9H,6-7,12H2,1-5H3,(H,13,14). The molecule has 0 heterocycles. The van der Waals surface area contributed by atoms with Crippen molar-refractivity contribution < 1.29 is 0 Å². The summed E-state index contributed by atoms with van der Waals surface area (Å²) < 4.78 is 0. The maximum Gasteiger partial charge on any atom is 0.208 e. The molecule has 0 aromatic rings. The van der Waals surface area contributed by atoms with Gasteiger partial charge in [0, 0.05) is 13.1 Å². The summed E-state index contributed by atoms with van der Waals surface area (Å²) in [5, 5.41) is 0. The van der Waals surface area contributed by atoms with Gasteiger partial charge in [0.25, 0.3) is 0 Å². The van der Waals surface area contributed by atoms with E-state index in [2.05, 4.69) is 43.0 Å². The van der Waals surface area contributed by atoms with Crippen molar-refractivity contribution in [2.75, 3.05) is 7.05 Å². The maximum atomic E-state index is 5.51. The zero-order chi connectivity index (χ0) is 11.6. The third-order valence-electron chi connectivity index (χ3n) is 3.15. The maximum absolute atomic E-state index is 5.51. The van der Waals surface area contributed by atoms with Gasteiger partial charge in [0.05, 0.1) is 6.04 Å². The second-order valence-corrected chi connectivity index (χ2v) is 5.48. The Hall–Kier alpha value is -0.770. The number of hydrogen-bond donors (Lipinski definition) is 2. The minimum absolute atomic E-state index is 0.218. The van der Waals surface area contributed by atoms with Crippen molar-refractivity contribution in [3.63, 3.8) is 0 Å². The highest BCUT2D eigenvalue weighted by atomic mass is 15.4. The van der Waals surface area contributed by atoms with Gasteiger partial charge >= 0.3 is 0 Å². The van der Waals surface area contributed by atoms with E-state index in [1.54, 1.807) is 0 Å². The van der Waals surface area contributed by atoms with E-state index in [-0.39, 0.29) is 5.41 Å². The molecule has 1 aliphatic carbocycles. The molecule has 1 fully saturated rings. The second-order valence-electron chi connectivity index (χ2n) is 5.48. The average molecular weight is 212 g/mol. The van der Waals surface area contributed by atoms with Crippen molar-refractivity contribution >= 4 is 5.96 Å². The molecule has 1 aliphatic rings. The van der Waals surface area contributed by atoms with Crippen LogP contribution in [-0.4, -0.2) is 30.0 Å². The summed E-state index contributed by atoms with van der Waals surface area (Å²) in [5.41, 5.74) is 2.92. The summed E-state index contributed by atoms with van der Waals surface area (Å²) in [4.78, 5) is 6.67. The van der Waals surface area contributed by atoms with Crippen LogP contribution in [-0.2, 0) is 0 Å². The van der Waals surface area contributed by atoms with Crippen LogP contribution in [0.25, 0.3) is 0 Å². The van der Waals surface area contributed by atoms with Crippen molar-refractivity contribution in [3.05, 3.63) is 0 Å². The van der Waals surface area contributed by atoms with Crippen molar-refractivity contribution in [2.24, 2.45) is 16.3 Å². The van der Waals surface area contributed by atoms with Crippen molar-refractivity contribution in [2.45, 2.75) is 52.6 Å². The van der Waals surface area contributed by atoms with Gasteiger partial charge in [-0.05, 0) is 25.2 Å². The molecule has 1 rings (SSSR count). The first-order valence-corrected chi connectivity index (χ1v) is 5.63. The van der Waals surface area contributed by atoms with Gasteiger partial charge < -0.3 is 4.90 Å². The highest BCUT2D eigenvalue weighted by Crippen LogP contribution is 2.26. The number of guanidine groups is 1. The smallest absolute Gasteiger partial charge is 0.208 e.